The molecular formula is C14H13ClN4O3S. The second-order valence-electron chi connectivity index (χ2n) is 5.23. The highest BCUT2D eigenvalue weighted by atomic mass is 35.5. The zero-order valence-electron chi connectivity index (χ0n) is 12.1. The molecule has 0 fully saturated rings. The molecule has 0 aliphatic rings. The minimum absolute atomic E-state index is 0.0546. The number of nitro groups is 1. The summed E-state index contributed by atoms with van der Waals surface area (Å²) < 4.78 is 1.40. The molecule has 7 nitrogen and oxygen atoms in total. The number of hydrogen-bond acceptors (Lipinski definition) is 6. The number of aliphatic hydroxyl groups is 1. The Hall–Kier alpha value is -2.16. The van der Waals surface area contributed by atoms with E-state index in [2.05, 4.69) is 10.3 Å². The van der Waals surface area contributed by atoms with Crippen molar-refractivity contribution in [1.82, 2.24) is 9.38 Å². The highest BCUT2D eigenvalue weighted by Crippen LogP contribution is 2.30. The molecule has 3 aromatic rings. The van der Waals surface area contributed by atoms with Crippen LogP contribution in [0.4, 0.5) is 11.6 Å². The van der Waals surface area contributed by atoms with Gasteiger partial charge in [-0.15, -0.1) is 0 Å². The van der Waals surface area contributed by atoms with E-state index >= 15 is 0 Å². The average Bonchev–Trinajstić information content (AvgIpc) is 3.04. The Morgan fingerprint density at radius 2 is 2.35 bits per heavy atom. The smallest absolute Gasteiger partial charge is 0.372 e. The van der Waals surface area contributed by atoms with Gasteiger partial charge in [-0.3, -0.25) is 0 Å². The third-order valence-corrected chi connectivity index (χ3v) is 4.45. The number of fused-ring (bicyclic) bond motifs is 1. The van der Waals surface area contributed by atoms with Gasteiger partial charge in [0.05, 0.1) is 0 Å². The van der Waals surface area contributed by atoms with Gasteiger partial charge in [0.2, 0.25) is 5.82 Å². The molecule has 1 unspecified atom stereocenters. The number of thiazole rings is 1. The van der Waals surface area contributed by atoms with Crippen LogP contribution in [0.25, 0.3) is 4.96 Å². The summed E-state index contributed by atoms with van der Waals surface area (Å²) >= 11 is 7.24. The topological polar surface area (TPSA) is 92.7 Å². The first-order valence-electron chi connectivity index (χ1n) is 6.71. The second-order valence-corrected chi connectivity index (χ2v) is 6.54. The number of aromatic nitrogens is 2. The molecule has 0 aliphatic carbocycles. The summed E-state index contributed by atoms with van der Waals surface area (Å²) in [6, 6.07) is 6.85. The number of anilines is 1. The number of nitrogens with one attached hydrogen (secondary N) is 1. The largest absolute Gasteiger partial charge is 0.384 e. The van der Waals surface area contributed by atoms with Crippen LogP contribution in [0.1, 0.15) is 12.5 Å². The standard InChI is InChI=1S/C14H13ClN4O3S/c1-14(20,9-3-2-4-10(15)7-9)8-16-11-12(19(21)22)18-5-6-23-13(18)17-11/h2-7,16,20H,8H2,1H3. The summed E-state index contributed by atoms with van der Waals surface area (Å²) in [7, 11) is 0. The molecule has 23 heavy (non-hydrogen) atoms. The quantitative estimate of drug-likeness (QED) is 0.543. The molecular weight excluding hydrogens is 340 g/mol. The first-order chi connectivity index (χ1) is 10.9. The predicted molar refractivity (Wildman–Crippen MR) is 89.2 cm³/mol. The summed E-state index contributed by atoms with van der Waals surface area (Å²) in [6.07, 6.45) is 1.59. The molecule has 0 aliphatic heterocycles. The van der Waals surface area contributed by atoms with E-state index in [9.17, 15) is 15.2 Å². The summed E-state index contributed by atoms with van der Waals surface area (Å²) in [4.78, 5) is 15.5. The fourth-order valence-corrected chi connectivity index (χ4v) is 3.15. The van der Waals surface area contributed by atoms with Gasteiger partial charge in [0, 0.05) is 16.9 Å². The number of halogens is 1. The lowest BCUT2D eigenvalue weighted by molar-refractivity contribution is -0.389. The van der Waals surface area contributed by atoms with E-state index < -0.39 is 10.5 Å². The van der Waals surface area contributed by atoms with Crippen LogP contribution in [0.3, 0.4) is 0 Å². The van der Waals surface area contributed by atoms with Gasteiger partial charge in [-0.25, -0.2) is 0 Å². The number of rotatable bonds is 5. The van der Waals surface area contributed by atoms with Crippen LogP contribution in [-0.2, 0) is 5.60 Å². The first kappa shape index (κ1) is 15.7. The Balaban J connectivity index is 1.86. The molecule has 1 atom stereocenters. The van der Waals surface area contributed by atoms with E-state index in [0.717, 1.165) is 0 Å². The SMILES string of the molecule is CC(O)(CNc1nc2sccn2c1[N+](=O)[O-])c1cccc(Cl)c1. The molecule has 3 rings (SSSR count). The Bertz CT molecular complexity index is 874. The van der Waals surface area contributed by atoms with Gasteiger partial charge < -0.3 is 20.5 Å². The second kappa shape index (κ2) is 5.80. The van der Waals surface area contributed by atoms with Crippen LogP contribution in [0.5, 0.6) is 0 Å². The van der Waals surface area contributed by atoms with Gasteiger partial charge in [0.1, 0.15) is 11.8 Å². The zero-order chi connectivity index (χ0) is 16.6. The summed E-state index contributed by atoms with van der Waals surface area (Å²) in [6.45, 7) is 1.66. The molecule has 1 aromatic carbocycles. The minimum Gasteiger partial charge on any atom is -0.384 e. The molecule has 2 aromatic heterocycles. The van der Waals surface area contributed by atoms with Crippen LogP contribution in [-0.4, -0.2) is 26.0 Å². The maximum atomic E-state index is 11.3. The van der Waals surface area contributed by atoms with Gasteiger partial charge in [-0.05, 0) is 29.5 Å². The molecule has 0 amide bonds. The molecule has 2 N–H and O–H groups in total. The van der Waals surface area contributed by atoms with Gasteiger partial charge >= 0.3 is 5.82 Å². The fourth-order valence-electron chi connectivity index (χ4n) is 2.25. The third-order valence-electron chi connectivity index (χ3n) is 3.46. The maximum Gasteiger partial charge on any atom is 0.372 e. The van der Waals surface area contributed by atoms with Gasteiger partial charge in [-0.1, -0.05) is 35.1 Å². The van der Waals surface area contributed by atoms with Gasteiger partial charge in [0.25, 0.3) is 4.96 Å². The molecule has 0 radical (unpaired) electrons. The van der Waals surface area contributed by atoms with Crippen molar-refractivity contribution in [3.8, 4) is 0 Å². The summed E-state index contributed by atoms with van der Waals surface area (Å²) in [5.41, 5.74) is -0.642. The normalized spacial score (nSPS) is 13.9. The van der Waals surface area contributed by atoms with E-state index in [0.29, 0.717) is 15.5 Å². The highest BCUT2D eigenvalue weighted by Gasteiger charge is 2.28. The van der Waals surface area contributed by atoms with Crippen LogP contribution >= 0.6 is 22.9 Å². The van der Waals surface area contributed by atoms with Crippen LogP contribution in [0.15, 0.2) is 35.8 Å². The maximum absolute atomic E-state index is 11.3. The van der Waals surface area contributed by atoms with Gasteiger partial charge in [0.15, 0.2) is 0 Å². The van der Waals surface area contributed by atoms with Crippen molar-refractivity contribution in [3.05, 3.63) is 56.5 Å². The van der Waals surface area contributed by atoms with E-state index in [1.165, 1.54) is 15.7 Å². The summed E-state index contributed by atoms with van der Waals surface area (Å²) in [5, 5.41) is 27.0. The fraction of sp³-hybridized carbons (Fsp3) is 0.214. The first-order valence-corrected chi connectivity index (χ1v) is 7.96. The molecule has 120 valence electrons. The Morgan fingerprint density at radius 3 is 3.04 bits per heavy atom. The lowest BCUT2D eigenvalue weighted by Crippen LogP contribution is -2.31. The zero-order valence-corrected chi connectivity index (χ0v) is 13.6. The van der Waals surface area contributed by atoms with Crippen molar-refractivity contribution in [2.75, 3.05) is 11.9 Å². The van der Waals surface area contributed by atoms with Crippen molar-refractivity contribution >= 4 is 39.5 Å². The summed E-state index contributed by atoms with van der Waals surface area (Å²) in [5.74, 6) is -0.0210. The predicted octanol–water partition coefficient (Wildman–Crippen LogP) is 3.28. The van der Waals surface area contributed by atoms with E-state index in [1.54, 1.807) is 42.8 Å². The molecule has 0 saturated heterocycles. The van der Waals surface area contributed by atoms with Crippen molar-refractivity contribution < 1.29 is 10.0 Å². The van der Waals surface area contributed by atoms with Crippen molar-refractivity contribution in [2.45, 2.75) is 12.5 Å². The lowest BCUT2D eigenvalue weighted by Gasteiger charge is -2.24. The lowest BCUT2D eigenvalue weighted by atomic mass is 9.96. The van der Waals surface area contributed by atoms with Crippen molar-refractivity contribution in [3.63, 3.8) is 0 Å². The Kier molecular flexibility index (Phi) is 3.97. The van der Waals surface area contributed by atoms with Crippen LogP contribution in [0, 0.1) is 10.1 Å². The number of imidazole rings is 1. The van der Waals surface area contributed by atoms with Crippen molar-refractivity contribution in [2.24, 2.45) is 0 Å². The van der Waals surface area contributed by atoms with Gasteiger partial charge in [-0.2, -0.15) is 9.38 Å². The minimum atomic E-state index is -1.25. The monoisotopic (exact) mass is 352 g/mol. The van der Waals surface area contributed by atoms with Crippen molar-refractivity contribution in [1.29, 1.82) is 0 Å². The molecule has 0 saturated carbocycles. The average molecular weight is 353 g/mol. The number of hydrogen-bond donors (Lipinski definition) is 2. The van der Waals surface area contributed by atoms with E-state index in [-0.39, 0.29) is 18.2 Å². The third kappa shape index (κ3) is 3.00. The Labute approximate surface area is 140 Å². The number of nitrogens with zero attached hydrogens (tertiary/aromatic N) is 3. The highest BCUT2D eigenvalue weighted by molar-refractivity contribution is 7.15. The van der Waals surface area contributed by atoms with E-state index in [4.69, 9.17) is 11.6 Å². The molecule has 0 bridgehead atoms. The van der Waals surface area contributed by atoms with E-state index in [1.807, 2.05) is 0 Å². The molecule has 9 heteroatoms. The molecule has 0 spiro atoms. The van der Waals surface area contributed by atoms with Crippen LogP contribution < -0.4 is 5.32 Å². The Morgan fingerprint density at radius 1 is 1.57 bits per heavy atom. The number of benzene rings is 1. The van der Waals surface area contributed by atoms with Crippen LogP contribution in [0.2, 0.25) is 5.02 Å². The molecule has 2 heterocycles.